The summed E-state index contributed by atoms with van der Waals surface area (Å²) in [7, 11) is 1.77. The molecule has 0 fully saturated rings. The number of rotatable bonds is 5. The van der Waals surface area contributed by atoms with Gasteiger partial charge in [-0.3, -0.25) is 0 Å². The second kappa shape index (κ2) is 5.52. The van der Waals surface area contributed by atoms with Crippen molar-refractivity contribution < 1.29 is 8.42 Å². The summed E-state index contributed by atoms with van der Waals surface area (Å²) < 4.78 is 21.5. The zero-order valence-electron chi connectivity index (χ0n) is 8.74. The smallest absolute Gasteiger partial charge is 0.212 e. The van der Waals surface area contributed by atoms with E-state index in [0.717, 1.165) is 18.4 Å². The lowest BCUT2D eigenvalue weighted by molar-refractivity contribution is 0.609. The van der Waals surface area contributed by atoms with Gasteiger partial charge in [-0.1, -0.05) is 37.6 Å². The first-order valence-electron chi connectivity index (χ1n) is 5.01. The first-order valence-corrected chi connectivity index (χ1v) is 7.49. The van der Waals surface area contributed by atoms with Crippen LogP contribution in [0.1, 0.15) is 24.5 Å². The Balaban J connectivity index is 2.57. The van der Waals surface area contributed by atoms with E-state index in [2.05, 4.69) is 6.92 Å². The van der Waals surface area contributed by atoms with E-state index in [9.17, 15) is 8.42 Å². The van der Waals surface area contributed by atoms with Crippen molar-refractivity contribution in [2.24, 2.45) is 0 Å². The molecule has 0 saturated carbocycles. The van der Waals surface area contributed by atoms with Crippen LogP contribution in [0.25, 0.3) is 0 Å². The van der Waals surface area contributed by atoms with Gasteiger partial charge >= 0.3 is 0 Å². The van der Waals surface area contributed by atoms with Crippen LogP contribution in [0, 0.1) is 0 Å². The van der Waals surface area contributed by atoms with E-state index in [1.165, 1.54) is 5.56 Å². The van der Waals surface area contributed by atoms with Crippen molar-refractivity contribution in [1.82, 2.24) is 0 Å². The van der Waals surface area contributed by atoms with E-state index in [1.54, 1.807) is 0 Å². The summed E-state index contributed by atoms with van der Waals surface area (Å²) in [6, 6.07) is 8.01. The van der Waals surface area contributed by atoms with E-state index in [-0.39, 0.29) is 5.75 Å². The molecule has 0 N–H and O–H groups in total. The zero-order valence-corrected chi connectivity index (χ0v) is 10.3. The van der Waals surface area contributed by atoms with E-state index >= 15 is 0 Å². The lowest BCUT2D eigenvalue weighted by atomic mass is 10.1. The molecule has 0 radical (unpaired) electrons. The van der Waals surface area contributed by atoms with Crippen LogP contribution < -0.4 is 0 Å². The average Bonchev–Trinajstić information content (AvgIpc) is 2.16. The second-order valence-corrected chi connectivity index (χ2v) is 6.46. The standard InChI is InChI=1S/C11H15ClO2S/c1-2-3-10-4-6-11(7-5-10)8-9-15(12,13)14/h4-7H,2-3,8-9H2,1H3. The molecule has 2 nitrogen and oxygen atoms in total. The molecule has 1 aromatic carbocycles. The predicted octanol–water partition coefficient (Wildman–Crippen LogP) is 2.75. The Morgan fingerprint density at radius 2 is 1.53 bits per heavy atom. The summed E-state index contributed by atoms with van der Waals surface area (Å²) in [5, 5.41) is 0. The monoisotopic (exact) mass is 246 g/mol. The van der Waals surface area contributed by atoms with Gasteiger partial charge in [-0.25, -0.2) is 8.42 Å². The minimum atomic E-state index is -3.37. The molecular weight excluding hydrogens is 232 g/mol. The molecule has 0 amide bonds. The maximum absolute atomic E-state index is 10.7. The largest absolute Gasteiger partial charge is 0.232 e. The van der Waals surface area contributed by atoms with Crippen molar-refractivity contribution in [3.63, 3.8) is 0 Å². The molecule has 0 heterocycles. The summed E-state index contributed by atoms with van der Waals surface area (Å²) >= 11 is 0. The Hall–Kier alpha value is -0.540. The van der Waals surface area contributed by atoms with Gasteiger partial charge < -0.3 is 0 Å². The normalized spacial score (nSPS) is 11.6. The molecule has 0 saturated heterocycles. The molecule has 0 aliphatic carbocycles. The molecule has 0 aliphatic rings. The van der Waals surface area contributed by atoms with Gasteiger partial charge in [0.2, 0.25) is 9.05 Å². The summed E-state index contributed by atoms with van der Waals surface area (Å²) in [6.45, 7) is 2.13. The number of hydrogen-bond donors (Lipinski definition) is 0. The molecule has 84 valence electrons. The Bertz CT molecular complexity index is 395. The van der Waals surface area contributed by atoms with Crippen molar-refractivity contribution in [2.75, 3.05) is 5.75 Å². The van der Waals surface area contributed by atoms with Crippen molar-refractivity contribution in [3.8, 4) is 0 Å². The Morgan fingerprint density at radius 1 is 1.07 bits per heavy atom. The van der Waals surface area contributed by atoms with Crippen molar-refractivity contribution in [3.05, 3.63) is 35.4 Å². The number of benzene rings is 1. The molecule has 0 aliphatic heterocycles. The molecule has 0 atom stereocenters. The molecule has 15 heavy (non-hydrogen) atoms. The highest BCUT2D eigenvalue weighted by Crippen LogP contribution is 2.09. The van der Waals surface area contributed by atoms with Crippen LogP contribution in [-0.2, 0) is 21.9 Å². The molecule has 1 aromatic rings. The highest BCUT2D eigenvalue weighted by atomic mass is 35.7. The highest BCUT2D eigenvalue weighted by Gasteiger charge is 2.05. The molecule has 1 rings (SSSR count). The fourth-order valence-electron chi connectivity index (χ4n) is 1.40. The van der Waals surface area contributed by atoms with Gasteiger partial charge in [0.15, 0.2) is 0 Å². The molecule has 0 bridgehead atoms. The van der Waals surface area contributed by atoms with Crippen LogP contribution in [0.4, 0.5) is 0 Å². The summed E-state index contributed by atoms with van der Waals surface area (Å²) in [6.07, 6.45) is 2.67. The van der Waals surface area contributed by atoms with Gasteiger partial charge in [-0.2, -0.15) is 0 Å². The number of halogens is 1. The quantitative estimate of drug-likeness (QED) is 0.749. The molecule has 0 aromatic heterocycles. The van der Waals surface area contributed by atoms with E-state index in [0.29, 0.717) is 6.42 Å². The van der Waals surface area contributed by atoms with Crippen LogP contribution in [-0.4, -0.2) is 14.2 Å². The third kappa shape index (κ3) is 5.19. The van der Waals surface area contributed by atoms with Crippen molar-refractivity contribution >= 4 is 19.7 Å². The minimum Gasteiger partial charge on any atom is -0.212 e. The predicted molar refractivity (Wildman–Crippen MR) is 63.8 cm³/mol. The van der Waals surface area contributed by atoms with Gasteiger partial charge in [-0.15, -0.1) is 0 Å². The van der Waals surface area contributed by atoms with Crippen LogP contribution >= 0.6 is 10.7 Å². The van der Waals surface area contributed by atoms with Crippen molar-refractivity contribution in [2.45, 2.75) is 26.2 Å². The van der Waals surface area contributed by atoms with Crippen LogP contribution in [0.3, 0.4) is 0 Å². The number of hydrogen-bond acceptors (Lipinski definition) is 2. The van der Waals surface area contributed by atoms with Crippen LogP contribution in [0.5, 0.6) is 0 Å². The fourth-order valence-corrected chi connectivity index (χ4v) is 2.11. The third-order valence-electron chi connectivity index (χ3n) is 2.20. The average molecular weight is 247 g/mol. The van der Waals surface area contributed by atoms with Gasteiger partial charge in [0.1, 0.15) is 0 Å². The topological polar surface area (TPSA) is 34.1 Å². The van der Waals surface area contributed by atoms with Gasteiger partial charge in [-0.05, 0) is 24.0 Å². The number of aryl methyl sites for hydroxylation is 2. The van der Waals surface area contributed by atoms with E-state index in [4.69, 9.17) is 10.7 Å². The Kier molecular flexibility index (Phi) is 4.61. The zero-order chi connectivity index (χ0) is 11.3. The molecule has 0 spiro atoms. The third-order valence-corrected chi connectivity index (χ3v) is 3.35. The minimum absolute atomic E-state index is 0.00167. The second-order valence-electron chi connectivity index (χ2n) is 3.56. The van der Waals surface area contributed by atoms with Gasteiger partial charge in [0, 0.05) is 10.7 Å². The van der Waals surface area contributed by atoms with Crippen LogP contribution in [0.2, 0.25) is 0 Å². The summed E-state index contributed by atoms with van der Waals surface area (Å²) in [5.74, 6) is 0.00167. The fraction of sp³-hybridized carbons (Fsp3) is 0.455. The lowest BCUT2D eigenvalue weighted by Crippen LogP contribution is -2.00. The lowest BCUT2D eigenvalue weighted by Gasteiger charge is -2.02. The maximum Gasteiger partial charge on any atom is 0.232 e. The summed E-state index contributed by atoms with van der Waals surface area (Å²) in [5.41, 5.74) is 2.30. The summed E-state index contributed by atoms with van der Waals surface area (Å²) in [4.78, 5) is 0. The highest BCUT2D eigenvalue weighted by molar-refractivity contribution is 8.13. The SMILES string of the molecule is CCCc1ccc(CCS(=O)(=O)Cl)cc1. The van der Waals surface area contributed by atoms with E-state index < -0.39 is 9.05 Å². The van der Waals surface area contributed by atoms with E-state index in [1.807, 2.05) is 24.3 Å². The Labute approximate surface area is 95.7 Å². The van der Waals surface area contributed by atoms with Gasteiger partial charge in [0.25, 0.3) is 0 Å². The maximum atomic E-state index is 10.7. The molecule has 4 heteroatoms. The molecular formula is C11H15ClO2S. The Morgan fingerprint density at radius 3 is 1.93 bits per heavy atom. The van der Waals surface area contributed by atoms with Crippen molar-refractivity contribution in [1.29, 1.82) is 0 Å². The van der Waals surface area contributed by atoms with Crippen LogP contribution in [0.15, 0.2) is 24.3 Å². The first kappa shape index (κ1) is 12.5. The first-order chi connectivity index (χ1) is 7.01. The molecule has 0 unspecified atom stereocenters. The van der Waals surface area contributed by atoms with Gasteiger partial charge in [0.05, 0.1) is 5.75 Å².